The summed E-state index contributed by atoms with van der Waals surface area (Å²) in [5.74, 6) is 0.222. The van der Waals surface area contributed by atoms with Gasteiger partial charge in [-0.05, 0) is 72.1 Å². The molecule has 0 radical (unpaired) electrons. The van der Waals surface area contributed by atoms with Crippen molar-refractivity contribution < 1.29 is 22.7 Å². The summed E-state index contributed by atoms with van der Waals surface area (Å²) in [5.41, 5.74) is 1.73. The first-order valence-corrected chi connectivity index (χ1v) is 18.3. The first-order chi connectivity index (χ1) is 24.3. The van der Waals surface area contributed by atoms with Gasteiger partial charge >= 0.3 is 0 Å². The van der Waals surface area contributed by atoms with Crippen LogP contribution in [0.5, 0.6) is 11.5 Å². The Bertz CT molecular complexity index is 1940. The number of carbonyl (C=O) groups is 2. The molecule has 10 heteroatoms. The van der Waals surface area contributed by atoms with Gasteiger partial charge in [0.05, 0.1) is 10.6 Å². The zero-order valence-electron chi connectivity index (χ0n) is 27.8. The molecule has 5 rings (SSSR count). The predicted octanol–water partition coefficient (Wildman–Crippen LogP) is 7.88. The van der Waals surface area contributed by atoms with Gasteiger partial charge in [0, 0.05) is 24.5 Å². The highest BCUT2D eigenvalue weighted by Crippen LogP contribution is 2.29. The lowest BCUT2D eigenvalue weighted by Crippen LogP contribution is -2.53. The lowest BCUT2D eigenvalue weighted by Gasteiger charge is -2.34. The number of unbranched alkanes of at least 4 members (excludes halogenated alkanes) is 1. The first kappa shape index (κ1) is 36.2. The SMILES string of the molecule is CCCCNC(=O)[C@H](Cc1ccccc1)N(Cc1ccccc1Cl)C(=O)CN(c1ccc(Oc2ccccc2)cc1)S(=O)(=O)c1ccccc1. The van der Waals surface area contributed by atoms with Gasteiger partial charge < -0.3 is 15.0 Å². The molecule has 258 valence electrons. The van der Waals surface area contributed by atoms with Crippen molar-refractivity contribution in [3.8, 4) is 11.5 Å². The van der Waals surface area contributed by atoms with Crippen molar-refractivity contribution in [2.75, 3.05) is 17.4 Å². The Hall–Kier alpha value is -5.12. The molecule has 0 fully saturated rings. The molecule has 5 aromatic carbocycles. The summed E-state index contributed by atoms with van der Waals surface area (Å²) in [6, 6.07) is 39.3. The number of benzene rings is 5. The monoisotopic (exact) mass is 709 g/mol. The van der Waals surface area contributed by atoms with E-state index in [9.17, 15) is 18.0 Å². The van der Waals surface area contributed by atoms with Crippen molar-refractivity contribution >= 4 is 39.1 Å². The molecule has 50 heavy (non-hydrogen) atoms. The number of sulfonamides is 1. The third kappa shape index (κ3) is 9.52. The minimum Gasteiger partial charge on any atom is -0.457 e. The number of rotatable bonds is 16. The molecule has 0 spiro atoms. The van der Waals surface area contributed by atoms with Crippen LogP contribution in [0.15, 0.2) is 144 Å². The number of nitrogens with one attached hydrogen (secondary N) is 1. The Morgan fingerprint density at radius 3 is 1.98 bits per heavy atom. The minimum absolute atomic E-state index is 0.0136. The highest BCUT2D eigenvalue weighted by atomic mass is 35.5. The number of amides is 2. The molecule has 0 aliphatic heterocycles. The van der Waals surface area contributed by atoms with E-state index in [4.69, 9.17) is 16.3 Å². The number of hydrogen-bond donors (Lipinski definition) is 1. The molecule has 0 saturated carbocycles. The molecule has 0 aromatic heterocycles. The number of halogens is 1. The summed E-state index contributed by atoms with van der Waals surface area (Å²) in [5, 5.41) is 3.42. The van der Waals surface area contributed by atoms with Crippen LogP contribution in [-0.2, 0) is 32.6 Å². The molecule has 1 N–H and O–H groups in total. The molecular weight excluding hydrogens is 670 g/mol. The van der Waals surface area contributed by atoms with Gasteiger partial charge in [-0.25, -0.2) is 8.42 Å². The van der Waals surface area contributed by atoms with Crippen molar-refractivity contribution in [2.24, 2.45) is 0 Å². The van der Waals surface area contributed by atoms with E-state index in [1.54, 1.807) is 60.7 Å². The van der Waals surface area contributed by atoms with Gasteiger partial charge in [0.2, 0.25) is 11.8 Å². The Balaban J connectivity index is 1.54. The van der Waals surface area contributed by atoms with Crippen LogP contribution < -0.4 is 14.4 Å². The highest BCUT2D eigenvalue weighted by Gasteiger charge is 2.35. The molecule has 0 saturated heterocycles. The standard InChI is InChI=1S/C40H40ClN3O5S/c1-2-3-27-42-40(46)38(28-31-15-7-4-8-16-31)43(29-32-17-13-14-22-37(32)41)39(45)30-44(50(47,48)36-20-11-6-12-21-36)33-23-25-35(26-24-33)49-34-18-9-5-10-19-34/h4-26,38H,2-3,27-30H2,1H3,(H,42,46)/t38-/m0/s1. The van der Waals surface area contributed by atoms with Crippen LogP contribution in [0, 0.1) is 0 Å². The first-order valence-electron chi connectivity index (χ1n) is 16.5. The maximum Gasteiger partial charge on any atom is 0.264 e. The summed E-state index contributed by atoms with van der Waals surface area (Å²) in [7, 11) is -4.24. The molecule has 0 heterocycles. The zero-order valence-corrected chi connectivity index (χ0v) is 29.4. The van der Waals surface area contributed by atoms with Gasteiger partial charge in [0.25, 0.3) is 10.0 Å². The van der Waals surface area contributed by atoms with E-state index in [2.05, 4.69) is 5.32 Å². The predicted molar refractivity (Wildman–Crippen MR) is 198 cm³/mol. The quantitative estimate of drug-likeness (QED) is 0.105. The van der Waals surface area contributed by atoms with Crippen molar-refractivity contribution in [1.29, 1.82) is 0 Å². The fraction of sp³-hybridized carbons (Fsp3) is 0.200. The Morgan fingerprint density at radius 1 is 0.760 bits per heavy atom. The van der Waals surface area contributed by atoms with Gasteiger partial charge in [-0.3, -0.25) is 13.9 Å². The average molecular weight is 710 g/mol. The van der Waals surface area contributed by atoms with E-state index in [0.29, 0.717) is 28.6 Å². The lowest BCUT2D eigenvalue weighted by atomic mass is 10.0. The second kappa shape index (κ2) is 17.5. The van der Waals surface area contributed by atoms with Crippen molar-refractivity contribution in [3.63, 3.8) is 0 Å². The fourth-order valence-electron chi connectivity index (χ4n) is 5.42. The van der Waals surface area contributed by atoms with Crippen LogP contribution in [0.1, 0.15) is 30.9 Å². The van der Waals surface area contributed by atoms with Crippen LogP contribution in [0.3, 0.4) is 0 Å². The van der Waals surface area contributed by atoms with Gasteiger partial charge in [0.1, 0.15) is 24.1 Å². The van der Waals surface area contributed by atoms with E-state index < -0.39 is 28.5 Å². The molecule has 0 aliphatic rings. The molecule has 0 bridgehead atoms. The highest BCUT2D eigenvalue weighted by molar-refractivity contribution is 7.92. The van der Waals surface area contributed by atoms with Crippen molar-refractivity contribution in [3.05, 3.63) is 156 Å². The minimum atomic E-state index is -4.24. The molecule has 8 nitrogen and oxygen atoms in total. The van der Waals surface area contributed by atoms with Gasteiger partial charge in [-0.1, -0.05) is 110 Å². The number of nitrogens with zero attached hydrogens (tertiary/aromatic N) is 2. The summed E-state index contributed by atoms with van der Waals surface area (Å²) in [6.07, 6.45) is 1.87. The summed E-state index contributed by atoms with van der Waals surface area (Å²) < 4.78 is 35.6. The van der Waals surface area contributed by atoms with Crippen LogP contribution in [0.4, 0.5) is 5.69 Å². The fourth-order valence-corrected chi connectivity index (χ4v) is 7.05. The second-order valence-electron chi connectivity index (χ2n) is 11.7. The smallest absolute Gasteiger partial charge is 0.264 e. The molecule has 2 amide bonds. The van der Waals surface area contributed by atoms with E-state index >= 15 is 0 Å². The number of anilines is 1. The Labute approximate surface area is 299 Å². The van der Waals surface area contributed by atoms with E-state index in [0.717, 1.165) is 22.7 Å². The largest absolute Gasteiger partial charge is 0.457 e. The molecule has 1 atom stereocenters. The third-order valence-corrected chi connectivity index (χ3v) is 10.3. The lowest BCUT2D eigenvalue weighted by molar-refractivity contribution is -0.140. The summed E-state index contributed by atoms with van der Waals surface area (Å²) in [4.78, 5) is 30.1. The third-order valence-electron chi connectivity index (χ3n) is 8.11. The van der Waals surface area contributed by atoms with E-state index in [1.807, 2.05) is 73.7 Å². The molecule has 0 aliphatic carbocycles. The van der Waals surface area contributed by atoms with E-state index in [1.165, 1.54) is 17.0 Å². The number of carbonyl (C=O) groups excluding carboxylic acids is 2. The van der Waals surface area contributed by atoms with Gasteiger partial charge in [-0.2, -0.15) is 0 Å². The van der Waals surface area contributed by atoms with Crippen LogP contribution in [-0.4, -0.2) is 44.3 Å². The Morgan fingerprint density at radius 2 is 1.34 bits per heavy atom. The average Bonchev–Trinajstić information content (AvgIpc) is 3.14. The van der Waals surface area contributed by atoms with Crippen molar-refractivity contribution in [1.82, 2.24) is 10.2 Å². The molecule has 5 aromatic rings. The topological polar surface area (TPSA) is 96.0 Å². The normalized spacial score (nSPS) is 11.7. The van der Waals surface area contributed by atoms with Crippen LogP contribution in [0.2, 0.25) is 5.02 Å². The van der Waals surface area contributed by atoms with Crippen LogP contribution in [0.25, 0.3) is 0 Å². The summed E-state index contributed by atoms with van der Waals surface area (Å²) in [6.45, 7) is 1.89. The Kier molecular flexibility index (Phi) is 12.7. The van der Waals surface area contributed by atoms with Crippen LogP contribution >= 0.6 is 11.6 Å². The number of para-hydroxylation sites is 1. The second-order valence-corrected chi connectivity index (χ2v) is 14.0. The zero-order chi connectivity index (χ0) is 35.3. The maximum atomic E-state index is 14.7. The molecule has 0 unspecified atom stereocenters. The van der Waals surface area contributed by atoms with Gasteiger partial charge in [-0.15, -0.1) is 0 Å². The summed E-state index contributed by atoms with van der Waals surface area (Å²) >= 11 is 6.59. The molecular formula is C40H40ClN3O5S. The number of ether oxygens (including phenoxy) is 1. The van der Waals surface area contributed by atoms with E-state index in [-0.39, 0.29) is 29.5 Å². The maximum absolute atomic E-state index is 14.7. The number of hydrogen-bond acceptors (Lipinski definition) is 5. The van der Waals surface area contributed by atoms with Gasteiger partial charge in [0.15, 0.2) is 0 Å². The van der Waals surface area contributed by atoms with Crippen molar-refractivity contribution in [2.45, 2.75) is 43.7 Å².